The minimum absolute atomic E-state index is 0.564. The maximum absolute atomic E-state index is 5.91. The largest absolute Gasteiger partial charge is 0.457 e. The van der Waals surface area contributed by atoms with Crippen molar-refractivity contribution in [3.05, 3.63) is 71.9 Å². The number of nitrogens with zero attached hydrogens (tertiary/aromatic N) is 1. The number of ether oxygens (including phenoxy) is 1. The van der Waals surface area contributed by atoms with Crippen LogP contribution < -0.4 is 10.5 Å². The van der Waals surface area contributed by atoms with Gasteiger partial charge in [-0.15, -0.1) is 0 Å². The fraction of sp³-hybridized carbons (Fsp3) is 0.0625. The van der Waals surface area contributed by atoms with Crippen LogP contribution in [-0.4, -0.2) is 12.3 Å². The van der Waals surface area contributed by atoms with Gasteiger partial charge in [-0.25, -0.2) is 0 Å². The van der Waals surface area contributed by atoms with Gasteiger partial charge in [0.15, 0.2) is 0 Å². The first-order chi connectivity index (χ1) is 9.33. The zero-order valence-electron chi connectivity index (χ0n) is 10.4. The van der Waals surface area contributed by atoms with Gasteiger partial charge in [-0.1, -0.05) is 30.3 Å². The van der Waals surface area contributed by atoms with Crippen molar-refractivity contribution in [3.63, 3.8) is 0 Å². The average Bonchev–Trinajstić information content (AvgIpc) is 2.87. The van der Waals surface area contributed by atoms with Gasteiger partial charge in [-0.2, -0.15) is 0 Å². The Bertz CT molecular complexity index is 645. The Labute approximate surface area is 112 Å². The van der Waals surface area contributed by atoms with Crippen molar-refractivity contribution >= 4 is 5.71 Å². The Hall–Kier alpha value is -2.55. The number of nitrogens with two attached hydrogens (primary N) is 1. The monoisotopic (exact) mass is 250 g/mol. The lowest BCUT2D eigenvalue weighted by Gasteiger charge is -2.10. The van der Waals surface area contributed by atoms with E-state index in [1.54, 1.807) is 0 Å². The molecule has 0 unspecified atom stereocenters. The third kappa shape index (κ3) is 2.50. The van der Waals surface area contributed by atoms with Crippen molar-refractivity contribution in [1.82, 2.24) is 0 Å². The van der Waals surface area contributed by atoms with E-state index in [4.69, 9.17) is 10.5 Å². The Morgan fingerprint density at radius 3 is 2.42 bits per heavy atom. The molecule has 94 valence electrons. The summed E-state index contributed by atoms with van der Waals surface area (Å²) >= 11 is 0. The molecule has 0 aromatic heterocycles. The van der Waals surface area contributed by atoms with Gasteiger partial charge >= 0.3 is 0 Å². The van der Waals surface area contributed by atoms with Crippen LogP contribution in [0.15, 0.2) is 71.4 Å². The third-order valence-corrected chi connectivity index (χ3v) is 2.89. The first-order valence-corrected chi connectivity index (χ1v) is 6.16. The van der Waals surface area contributed by atoms with Gasteiger partial charge in [0.25, 0.3) is 0 Å². The summed E-state index contributed by atoms with van der Waals surface area (Å²) in [6.45, 7) is 0.564. The highest BCUT2D eigenvalue weighted by Crippen LogP contribution is 2.26. The van der Waals surface area contributed by atoms with E-state index in [9.17, 15) is 0 Å². The zero-order valence-corrected chi connectivity index (χ0v) is 10.4. The fourth-order valence-electron chi connectivity index (χ4n) is 1.99. The van der Waals surface area contributed by atoms with Crippen LogP contribution >= 0.6 is 0 Å². The minimum atomic E-state index is 0.564. The van der Waals surface area contributed by atoms with Crippen molar-refractivity contribution in [3.8, 4) is 11.5 Å². The van der Waals surface area contributed by atoms with Gasteiger partial charge in [-0.05, 0) is 30.3 Å². The van der Waals surface area contributed by atoms with Crippen molar-refractivity contribution in [2.75, 3.05) is 6.54 Å². The molecule has 1 heterocycles. The summed E-state index contributed by atoms with van der Waals surface area (Å²) in [6.07, 6.45) is 1.90. The standard InChI is InChI=1S/C16H14N2O/c17-12-10-15(18-11-12)14-8-4-5-9-16(14)19-13-6-2-1-3-7-13/h1-10H,11,17H2. The predicted octanol–water partition coefficient (Wildman–Crippen LogP) is 3.12. The summed E-state index contributed by atoms with van der Waals surface area (Å²) in [5, 5.41) is 0. The molecule has 0 spiro atoms. The quantitative estimate of drug-likeness (QED) is 0.909. The summed E-state index contributed by atoms with van der Waals surface area (Å²) < 4.78 is 5.91. The lowest BCUT2D eigenvalue weighted by atomic mass is 10.1. The second-order valence-corrected chi connectivity index (χ2v) is 4.33. The van der Waals surface area contributed by atoms with E-state index in [0.29, 0.717) is 6.54 Å². The molecule has 0 amide bonds. The predicted molar refractivity (Wildman–Crippen MR) is 76.6 cm³/mol. The van der Waals surface area contributed by atoms with Gasteiger partial charge in [0.1, 0.15) is 11.5 Å². The molecule has 2 N–H and O–H groups in total. The molecule has 0 bridgehead atoms. The highest BCUT2D eigenvalue weighted by atomic mass is 16.5. The molecule has 0 radical (unpaired) electrons. The summed E-state index contributed by atoms with van der Waals surface area (Å²) in [5.74, 6) is 1.60. The van der Waals surface area contributed by atoms with Crippen LogP contribution in [0.5, 0.6) is 11.5 Å². The minimum Gasteiger partial charge on any atom is -0.457 e. The Balaban J connectivity index is 1.94. The summed E-state index contributed by atoms with van der Waals surface area (Å²) in [7, 11) is 0. The lowest BCUT2D eigenvalue weighted by molar-refractivity contribution is 0.482. The number of benzene rings is 2. The zero-order chi connectivity index (χ0) is 13.1. The molecule has 0 saturated heterocycles. The molecule has 0 saturated carbocycles. The molecule has 0 fully saturated rings. The number of para-hydroxylation sites is 2. The summed E-state index contributed by atoms with van der Waals surface area (Å²) in [5.41, 5.74) is 8.40. The number of hydrogen-bond acceptors (Lipinski definition) is 3. The van der Waals surface area contributed by atoms with Gasteiger partial charge in [0.2, 0.25) is 0 Å². The van der Waals surface area contributed by atoms with Crippen molar-refractivity contribution in [2.45, 2.75) is 0 Å². The molecule has 2 aromatic rings. The molecule has 2 aromatic carbocycles. The second-order valence-electron chi connectivity index (χ2n) is 4.33. The fourth-order valence-corrected chi connectivity index (χ4v) is 1.99. The molecular formula is C16H14N2O. The van der Waals surface area contributed by atoms with Gasteiger partial charge in [-0.3, -0.25) is 4.99 Å². The maximum Gasteiger partial charge on any atom is 0.136 e. The van der Waals surface area contributed by atoms with E-state index in [-0.39, 0.29) is 0 Å². The number of allylic oxidation sites excluding steroid dienone is 1. The van der Waals surface area contributed by atoms with E-state index >= 15 is 0 Å². The molecule has 0 aliphatic carbocycles. The normalized spacial score (nSPS) is 13.9. The smallest absolute Gasteiger partial charge is 0.136 e. The number of aliphatic imine (C=N–C) groups is 1. The first-order valence-electron chi connectivity index (χ1n) is 6.16. The second kappa shape index (κ2) is 4.98. The Morgan fingerprint density at radius 1 is 0.947 bits per heavy atom. The topological polar surface area (TPSA) is 47.6 Å². The van der Waals surface area contributed by atoms with E-state index in [1.165, 1.54) is 0 Å². The molecule has 1 aliphatic heterocycles. The molecule has 1 aliphatic rings. The molecule has 19 heavy (non-hydrogen) atoms. The van der Waals surface area contributed by atoms with E-state index in [2.05, 4.69) is 4.99 Å². The van der Waals surface area contributed by atoms with E-state index in [1.807, 2.05) is 60.7 Å². The molecule has 3 rings (SSSR count). The van der Waals surface area contributed by atoms with Crippen LogP contribution in [0.25, 0.3) is 0 Å². The SMILES string of the molecule is NC1=CC(c2ccccc2Oc2ccccc2)=NC1. The molecule has 3 nitrogen and oxygen atoms in total. The van der Waals surface area contributed by atoms with Crippen molar-refractivity contribution < 1.29 is 4.74 Å². The lowest BCUT2D eigenvalue weighted by Crippen LogP contribution is -1.99. The maximum atomic E-state index is 5.91. The summed E-state index contributed by atoms with van der Waals surface area (Å²) in [4.78, 5) is 4.41. The summed E-state index contributed by atoms with van der Waals surface area (Å²) in [6, 6.07) is 17.6. The Morgan fingerprint density at radius 2 is 1.68 bits per heavy atom. The van der Waals surface area contributed by atoms with Crippen molar-refractivity contribution in [1.29, 1.82) is 0 Å². The molecule has 3 heteroatoms. The molecular weight excluding hydrogens is 236 g/mol. The van der Waals surface area contributed by atoms with Crippen LogP contribution in [0, 0.1) is 0 Å². The van der Waals surface area contributed by atoms with Crippen molar-refractivity contribution in [2.24, 2.45) is 10.7 Å². The first kappa shape index (κ1) is 11.5. The van der Waals surface area contributed by atoms with Gasteiger partial charge in [0, 0.05) is 11.3 Å². The Kier molecular flexibility index (Phi) is 3.02. The van der Waals surface area contributed by atoms with Crippen LogP contribution in [0.2, 0.25) is 0 Å². The van der Waals surface area contributed by atoms with E-state index in [0.717, 1.165) is 28.5 Å². The molecule has 0 atom stereocenters. The van der Waals surface area contributed by atoms with Gasteiger partial charge in [0.05, 0.1) is 12.3 Å². The van der Waals surface area contributed by atoms with Crippen LogP contribution in [0.1, 0.15) is 5.56 Å². The van der Waals surface area contributed by atoms with Crippen LogP contribution in [-0.2, 0) is 0 Å². The van der Waals surface area contributed by atoms with Crippen LogP contribution in [0.4, 0.5) is 0 Å². The van der Waals surface area contributed by atoms with Crippen LogP contribution in [0.3, 0.4) is 0 Å². The number of rotatable bonds is 3. The average molecular weight is 250 g/mol. The third-order valence-electron chi connectivity index (χ3n) is 2.89. The number of hydrogen-bond donors (Lipinski definition) is 1. The highest BCUT2D eigenvalue weighted by molar-refractivity contribution is 6.12. The van der Waals surface area contributed by atoms with Gasteiger partial charge < -0.3 is 10.5 Å². The highest BCUT2D eigenvalue weighted by Gasteiger charge is 2.12. The van der Waals surface area contributed by atoms with E-state index < -0.39 is 0 Å².